The lowest BCUT2D eigenvalue weighted by atomic mass is 9.81. The van der Waals surface area contributed by atoms with Gasteiger partial charge in [0.2, 0.25) is 5.91 Å². The zero-order valence-electron chi connectivity index (χ0n) is 12.5. The molecule has 2 unspecified atom stereocenters. The number of hydrogen-bond acceptors (Lipinski definition) is 2. The van der Waals surface area contributed by atoms with Crippen molar-refractivity contribution in [2.24, 2.45) is 11.3 Å². The van der Waals surface area contributed by atoms with Crippen molar-refractivity contribution in [2.45, 2.75) is 33.1 Å². The molecule has 0 spiro atoms. The van der Waals surface area contributed by atoms with Crippen molar-refractivity contribution in [1.82, 2.24) is 5.32 Å². The van der Waals surface area contributed by atoms with Crippen molar-refractivity contribution in [2.75, 3.05) is 24.5 Å². The van der Waals surface area contributed by atoms with E-state index in [9.17, 15) is 4.79 Å². The van der Waals surface area contributed by atoms with Gasteiger partial charge in [-0.1, -0.05) is 32.0 Å². The fraction of sp³-hybridized carbons (Fsp3) is 0.588. The lowest BCUT2D eigenvalue weighted by molar-refractivity contribution is -0.127. The Labute approximate surface area is 121 Å². The predicted octanol–water partition coefficient (Wildman–Crippen LogP) is 2.60. The first-order valence-corrected chi connectivity index (χ1v) is 7.77. The maximum atomic E-state index is 13.1. The average molecular weight is 272 g/mol. The number of rotatable bonds is 2. The maximum absolute atomic E-state index is 13.1. The van der Waals surface area contributed by atoms with E-state index < -0.39 is 0 Å². The topological polar surface area (TPSA) is 32.3 Å². The van der Waals surface area contributed by atoms with Crippen LogP contribution >= 0.6 is 0 Å². The van der Waals surface area contributed by atoms with E-state index in [1.807, 2.05) is 6.07 Å². The first kappa shape index (κ1) is 13.6. The van der Waals surface area contributed by atoms with E-state index in [4.69, 9.17) is 0 Å². The highest BCUT2D eigenvalue weighted by molar-refractivity contribution is 5.99. The number of carbonyl (C=O) groups is 1. The highest BCUT2D eigenvalue weighted by Gasteiger charge is 2.43. The molecule has 2 aliphatic rings. The fourth-order valence-electron chi connectivity index (χ4n) is 3.65. The molecule has 0 bridgehead atoms. The molecule has 1 fully saturated rings. The normalized spacial score (nSPS) is 29.3. The first-order chi connectivity index (χ1) is 9.66. The number of fused-ring (bicyclic) bond motifs is 1. The van der Waals surface area contributed by atoms with E-state index in [1.165, 1.54) is 5.56 Å². The maximum Gasteiger partial charge on any atom is 0.234 e. The molecular weight excluding hydrogens is 248 g/mol. The minimum Gasteiger partial charge on any atom is -0.316 e. The summed E-state index contributed by atoms with van der Waals surface area (Å²) in [5.41, 5.74) is 2.26. The zero-order chi connectivity index (χ0) is 14.2. The summed E-state index contributed by atoms with van der Waals surface area (Å²) in [6, 6.07) is 8.38. The van der Waals surface area contributed by atoms with Crippen LogP contribution in [0.15, 0.2) is 24.3 Å². The van der Waals surface area contributed by atoms with Crippen molar-refractivity contribution in [3.63, 3.8) is 0 Å². The third kappa shape index (κ3) is 2.14. The Bertz CT molecular complexity index is 505. The molecule has 20 heavy (non-hydrogen) atoms. The lowest BCUT2D eigenvalue weighted by Gasteiger charge is -2.38. The molecule has 0 aliphatic carbocycles. The van der Waals surface area contributed by atoms with E-state index in [1.54, 1.807) is 0 Å². The summed E-state index contributed by atoms with van der Waals surface area (Å²) in [7, 11) is 0. The van der Waals surface area contributed by atoms with E-state index in [2.05, 4.69) is 42.3 Å². The highest BCUT2D eigenvalue weighted by Crippen LogP contribution is 2.37. The van der Waals surface area contributed by atoms with Gasteiger partial charge in [-0.15, -0.1) is 0 Å². The molecule has 1 saturated heterocycles. The Kier molecular flexibility index (Phi) is 3.55. The molecule has 1 aromatic carbocycles. The van der Waals surface area contributed by atoms with Crippen LogP contribution < -0.4 is 10.2 Å². The second-order valence-corrected chi connectivity index (χ2v) is 6.41. The Morgan fingerprint density at radius 3 is 2.95 bits per heavy atom. The van der Waals surface area contributed by atoms with Crippen LogP contribution in [0, 0.1) is 11.3 Å². The van der Waals surface area contributed by atoms with Gasteiger partial charge in [0.25, 0.3) is 0 Å². The van der Waals surface area contributed by atoms with Crippen molar-refractivity contribution >= 4 is 11.6 Å². The van der Waals surface area contributed by atoms with E-state index in [-0.39, 0.29) is 5.41 Å². The summed E-state index contributed by atoms with van der Waals surface area (Å²) in [6.45, 7) is 7.03. The van der Waals surface area contributed by atoms with Crippen LogP contribution in [0.2, 0.25) is 0 Å². The predicted molar refractivity (Wildman–Crippen MR) is 81.9 cm³/mol. The third-order valence-corrected chi connectivity index (χ3v) is 4.96. The molecule has 3 heteroatoms. The molecule has 0 radical (unpaired) electrons. The molecule has 2 heterocycles. The second-order valence-electron chi connectivity index (χ2n) is 6.41. The van der Waals surface area contributed by atoms with Crippen LogP contribution in [0.5, 0.6) is 0 Å². The molecular formula is C17H24N2O. The van der Waals surface area contributed by atoms with Gasteiger partial charge in [0.05, 0.1) is 5.41 Å². The SMILES string of the molecule is CCC1(C(=O)N2CC(C)Cc3ccccc32)CCNC1. The number of anilines is 1. The Balaban J connectivity index is 1.95. The van der Waals surface area contributed by atoms with Gasteiger partial charge < -0.3 is 10.2 Å². The van der Waals surface area contributed by atoms with Crippen LogP contribution in [0.3, 0.4) is 0 Å². The summed E-state index contributed by atoms with van der Waals surface area (Å²) in [5, 5.41) is 3.37. The van der Waals surface area contributed by atoms with Crippen LogP contribution in [-0.4, -0.2) is 25.5 Å². The number of nitrogens with one attached hydrogen (secondary N) is 1. The third-order valence-electron chi connectivity index (χ3n) is 4.96. The number of para-hydroxylation sites is 1. The number of benzene rings is 1. The quantitative estimate of drug-likeness (QED) is 0.897. The van der Waals surface area contributed by atoms with Gasteiger partial charge in [0, 0.05) is 18.8 Å². The summed E-state index contributed by atoms with van der Waals surface area (Å²) in [5.74, 6) is 0.862. The van der Waals surface area contributed by atoms with Gasteiger partial charge in [-0.3, -0.25) is 4.79 Å². The fourth-order valence-corrected chi connectivity index (χ4v) is 3.65. The van der Waals surface area contributed by atoms with Gasteiger partial charge >= 0.3 is 0 Å². The summed E-state index contributed by atoms with van der Waals surface area (Å²) in [6.07, 6.45) is 2.97. The smallest absolute Gasteiger partial charge is 0.234 e. The van der Waals surface area contributed by atoms with Crippen molar-refractivity contribution in [3.05, 3.63) is 29.8 Å². The van der Waals surface area contributed by atoms with Crippen molar-refractivity contribution < 1.29 is 4.79 Å². The van der Waals surface area contributed by atoms with E-state index in [0.717, 1.165) is 44.6 Å². The molecule has 3 nitrogen and oxygen atoms in total. The second kappa shape index (κ2) is 5.21. The average Bonchev–Trinajstić information content (AvgIpc) is 2.95. The summed E-state index contributed by atoms with van der Waals surface area (Å²) in [4.78, 5) is 15.2. The monoisotopic (exact) mass is 272 g/mol. The summed E-state index contributed by atoms with van der Waals surface area (Å²) >= 11 is 0. The Morgan fingerprint density at radius 2 is 2.25 bits per heavy atom. The van der Waals surface area contributed by atoms with E-state index in [0.29, 0.717) is 11.8 Å². The molecule has 2 atom stereocenters. The minimum atomic E-state index is -0.190. The molecule has 1 amide bonds. The first-order valence-electron chi connectivity index (χ1n) is 7.77. The lowest BCUT2D eigenvalue weighted by Crippen LogP contribution is -2.48. The van der Waals surface area contributed by atoms with E-state index >= 15 is 0 Å². The van der Waals surface area contributed by atoms with Gasteiger partial charge in [-0.25, -0.2) is 0 Å². The standard InChI is InChI=1S/C17H24N2O/c1-3-17(8-9-18-12-17)16(20)19-11-13(2)10-14-6-4-5-7-15(14)19/h4-7,13,18H,3,8-12H2,1-2H3. The highest BCUT2D eigenvalue weighted by atomic mass is 16.2. The molecule has 1 aromatic rings. The number of carbonyl (C=O) groups excluding carboxylic acids is 1. The van der Waals surface area contributed by atoms with Crippen LogP contribution in [0.4, 0.5) is 5.69 Å². The molecule has 0 aromatic heterocycles. The number of nitrogens with zero attached hydrogens (tertiary/aromatic N) is 1. The van der Waals surface area contributed by atoms with Gasteiger partial charge in [0.1, 0.15) is 0 Å². The molecule has 108 valence electrons. The Morgan fingerprint density at radius 1 is 1.45 bits per heavy atom. The Hall–Kier alpha value is -1.35. The zero-order valence-corrected chi connectivity index (χ0v) is 12.5. The molecule has 1 N–H and O–H groups in total. The number of hydrogen-bond donors (Lipinski definition) is 1. The van der Waals surface area contributed by atoms with Crippen molar-refractivity contribution in [1.29, 1.82) is 0 Å². The molecule has 2 aliphatic heterocycles. The number of amides is 1. The van der Waals surface area contributed by atoms with Gasteiger partial charge in [-0.05, 0) is 43.4 Å². The van der Waals surface area contributed by atoms with Gasteiger partial charge in [0.15, 0.2) is 0 Å². The van der Waals surface area contributed by atoms with Crippen LogP contribution in [-0.2, 0) is 11.2 Å². The van der Waals surface area contributed by atoms with Crippen LogP contribution in [0.1, 0.15) is 32.3 Å². The largest absolute Gasteiger partial charge is 0.316 e. The molecule has 0 saturated carbocycles. The van der Waals surface area contributed by atoms with Gasteiger partial charge in [-0.2, -0.15) is 0 Å². The van der Waals surface area contributed by atoms with Crippen molar-refractivity contribution in [3.8, 4) is 0 Å². The molecule has 3 rings (SSSR count). The minimum absolute atomic E-state index is 0.190. The van der Waals surface area contributed by atoms with Crippen LogP contribution in [0.25, 0.3) is 0 Å². The summed E-state index contributed by atoms with van der Waals surface area (Å²) < 4.78 is 0.